The molecule has 0 N–H and O–H groups in total. The second-order valence-electron chi connectivity index (χ2n) is 5.99. The molecular weight excluding hydrogens is 322 g/mol. The van der Waals surface area contributed by atoms with Crippen molar-refractivity contribution < 1.29 is 4.74 Å². The van der Waals surface area contributed by atoms with Crippen LogP contribution in [-0.2, 0) is 18.0 Å². The third-order valence-electron chi connectivity index (χ3n) is 3.83. The first-order chi connectivity index (χ1) is 11.6. The van der Waals surface area contributed by atoms with Crippen LogP contribution >= 0.6 is 11.3 Å². The van der Waals surface area contributed by atoms with E-state index in [0.29, 0.717) is 19.3 Å². The average molecular weight is 339 g/mol. The molecule has 0 atom stereocenters. The lowest BCUT2D eigenvalue weighted by Crippen LogP contribution is -2.00. The van der Waals surface area contributed by atoms with Crippen molar-refractivity contribution in [1.82, 2.24) is 24.5 Å². The number of aromatic nitrogens is 5. The summed E-state index contributed by atoms with van der Waals surface area (Å²) < 4.78 is 9.66. The summed E-state index contributed by atoms with van der Waals surface area (Å²) in [5.41, 5.74) is 2.05. The van der Waals surface area contributed by atoms with E-state index in [1.165, 1.54) is 0 Å². The molecule has 6 nitrogen and oxygen atoms in total. The highest BCUT2D eigenvalue weighted by Gasteiger charge is 2.20. The molecule has 0 saturated heterocycles. The zero-order valence-electron chi connectivity index (χ0n) is 13.8. The summed E-state index contributed by atoms with van der Waals surface area (Å²) in [6, 6.07) is 2.43. The molecule has 4 heterocycles. The quantitative estimate of drug-likeness (QED) is 0.640. The molecule has 3 aromatic rings. The Morgan fingerprint density at radius 2 is 2.12 bits per heavy atom. The third-order valence-corrected chi connectivity index (χ3v) is 4.91. The number of nitrogens with zero attached hydrogens (tertiary/aromatic N) is 5. The van der Waals surface area contributed by atoms with Gasteiger partial charge in [-0.2, -0.15) is 5.10 Å². The van der Waals surface area contributed by atoms with Crippen molar-refractivity contribution in [2.24, 2.45) is 0 Å². The van der Waals surface area contributed by atoms with E-state index in [4.69, 9.17) is 4.74 Å². The van der Waals surface area contributed by atoms with Crippen molar-refractivity contribution in [1.29, 1.82) is 0 Å². The first kappa shape index (κ1) is 15.1. The SMILES string of the molecule is Cc1nnc2n1-c1sc(C#Cc3cnn(C(C)C)c3)cc1COC2. The first-order valence-electron chi connectivity index (χ1n) is 7.79. The maximum atomic E-state index is 5.69. The van der Waals surface area contributed by atoms with Crippen molar-refractivity contribution in [3.8, 4) is 16.8 Å². The highest BCUT2D eigenvalue weighted by molar-refractivity contribution is 7.15. The van der Waals surface area contributed by atoms with Crippen molar-refractivity contribution >= 4 is 11.3 Å². The zero-order valence-corrected chi connectivity index (χ0v) is 14.6. The fourth-order valence-corrected chi connectivity index (χ4v) is 3.70. The Morgan fingerprint density at radius 3 is 2.92 bits per heavy atom. The Hall–Kier alpha value is -2.43. The minimum absolute atomic E-state index is 0.339. The van der Waals surface area contributed by atoms with E-state index in [1.54, 1.807) is 17.5 Å². The molecule has 7 heteroatoms. The van der Waals surface area contributed by atoms with Crippen LogP contribution in [0.3, 0.4) is 0 Å². The Labute approximate surface area is 144 Å². The number of fused-ring (bicyclic) bond motifs is 3. The second-order valence-corrected chi connectivity index (χ2v) is 7.02. The minimum atomic E-state index is 0.339. The fourth-order valence-electron chi connectivity index (χ4n) is 2.61. The van der Waals surface area contributed by atoms with Gasteiger partial charge in [-0.25, -0.2) is 0 Å². The van der Waals surface area contributed by atoms with Gasteiger partial charge in [0.05, 0.1) is 23.2 Å². The van der Waals surface area contributed by atoms with E-state index in [1.807, 2.05) is 17.8 Å². The highest BCUT2D eigenvalue weighted by atomic mass is 32.1. The van der Waals surface area contributed by atoms with E-state index < -0.39 is 0 Å². The molecule has 4 rings (SSSR count). The standard InChI is InChI=1S/C17H17N5OS/c1-11(2)21-8-13(7-18-21)4-5-15-6-14-9-23-10-16-20-19-12(3)22(16)17(14)24-15/h6-8,11H,9-10H2,1-3H3. The van der Waals surface area contributed by atoms with Crippen LogP contribution in [0, 0.1) is 18.8 Å². The molecule has 3 aromatic heterocycles. The first-order valence-corrected chi connectivity index (χ1v) is 8.61. The Kier molecular flexibility index (Phi) is 3.71. The van der Waals surface area contributed by atoms with Gasteiger partial charge < -0.3 is 4.74 Å². The molecule has 0 fully saturated rings. The van der Waals surface area contributed by atoms with E-state index in [-0.39, 0.29) is 0 Å². The number of rotatable bonds is 1. The van der Waals surface area contributed by atoms with E-state index >= 15 is 0 Å². The van der Waals surface area contributed by atoms with Crippen LogP contribution in [0.25, 0.3) is 5.00 Å². The maximum Gasteiger partial charge on any atom is 0.164 e. The Balaban J connectivity index is 1.69. The van der Waals surface area contributed by atoms with Crippen molar-refractivity contribution in [2.75, 3.05) is 0 Å². The molecule has 122 valence electrons. The lowest BCUT2D eigenvalue weighted by atomic mass is 10.3. The summed E-state index contributed by atoms with van der Waals surface area (Å²) >= 11 is 1.64. The van der Waals surface area contributed by atoms with E-state index in [2.05, 4.69) is 51.6 Å². The molecule has 0 aliphatic carbocycles. The van der Waals surface area contributed by atoms with Crippen LogP contribution in [0.2, 0.25) is 0 Å². The number of ether oxygens (including phenoxy) is 1. The van der Waals surface area contributed by atoms with Crippen LogP contribution < -0.4 is 0 Å². The van der Waals surface area contributed by atoms with Gasteiger partial charge in [0.2, 0.25) is 0 Å². The molecule has 0 spiro atoms. The van der Waals surface area contributed by atoms with Gasteiger partial charge in [-0.3, -0.25) is 9.25 Å². The lowest BCUT2D eigenvalue weighted by molar-refractivity contribution is 0.105. The maximum absolute atomic E-state index is 5.69. The molecule has 0 unspecified atom stereocenters. The monoisotopic (exact) mass is 339 g/mol. The lowest BCUT2D eigenvalue weighted by Gasteiger charge is -2.02. The van der Waals surface area contributed by atoms with Gasteiger partial charge in [0.15, 0.2) is 5.82 Å². The third kappa shape index (κ3) is 2.64. The second kappa shape index (κ2) is 5.89. The summed E-state index contributed by atoms with van der Waals surface area (Å²) in [7, 11) is 0. The zero-order chi connectivity index (χ0) is 16.7. The molecule has 0 aromatic carbocycles. The van der Waals surface area contributed by atoms with Gasteiger partial charge in [0, 0.05) is 17.8 Å². The summed E-state index contributed by atoms with van der Waals surface area (Å²) in [6.07, 6.45) is 3.78. The summed E-state index contributed by atoms with van der Waals surface area (Å²) in [5.74, 6) is 8.14. The van der Waals surface area contributed by atoms with Gasteiger partial charge in [-0.15, -0.1) is 21.5 Å². The van der Waals surface area contributed by atoms with Gasteiger partial charge in [-0.1, -0.05) is 11.8 Å². The molecule has 1 aliphatic heterocycles. The van der Waals surface area contributed by atoms with Crippen molar-refractivity contribution in [3.63, 3.8) is 0 Å². The topological polar surface area (TPSA) is 57.8 Å². The number of aryl methyl sites for hydroxylation is 1. The van der Waals surface area contributed by atoms with Crippen LogP contribution in [0.5, 0.6) is 0 Å². The van der Waals surface area contributed by atoms with Gasteiger partial charge in [0.25, 0.3) is 0 Å². The van der Waals surface area contributed by atoms with Crippen LogP contribution in [-0.4, -0.2) is 24.5 Å². The predicted octanol–water partition coefficient (Wildman–Crippen LogP) is 2.84. The molecule has 24 heavy (non-hydrogen) atoms. The summed E-state index contributed by atoms with van der Waals surface area (Å²) in [6.45, 7) is 7.20. The number of hydrogen-bond donors (Lipinski definition) is 0. The average Bonchev–Trinajstić information content (AvgIpc) is 3.23. The van der Waals surface area contributed by atoms with Crippen LogP contribution in [0.1, 0.15) is 47.5 Å². The molecular formula is C17H17N5OS. The largest absolute Gasteiger partial charge is 0.369 e. The predicted molar refractivity (Wildman–Crippen MR) is 91.1 cm³/mol. The molecule has 0 bridgehead atoms. The highest BCUT2D eigenvalue weighted by Crippen LogP contribution is 2.31. The molecule has 0 amide bonds. The summed E-state index contributed by atoms with van der Waals surface area (Å²) in [4.78, 5) is 1.00. The smallest absolute Gasteiger partial charge is 0.164 e. The molecule has 1 aliphatic rings. The van der Waals surface area contributed by atoms with Crippen molar-refractivity contribution in [3.05, 3.63) is 46.1 Å². The van der Waals surface area contributed by atoms with Gasteiger partial charge in [0.1, 0.15) is 17.4 Å². The van der Waals surface area contributed by atoms with E-state index in [0.717, 1.165) is 32.7 Å². The minimum Gasteiger partial charge on any atom is -0.369 e. The van der Waals surface area contributed by atoms with Crippen LogP contribution in [0.4, 0.5) is 0 Å². The Morgan fingerprint density at radius 1 is 1.25 bits per heavy atom. The number of hydrogen-bond acceptors (Lipinski definition) is 5. The van der Waals surface area contributed by atoms with Gasteiger partial charge >= 0.3 is 0 Å². The molecule has 0 saturated carbocycles. The van der Waals surface area contributed by atoms with E-state index in [9.17, 15) is 0 Å². The fraction of sp³-hybridized carbons (Fsp3) is 0.353. The van der Waals surface area contributed by atoms with Gasteiger partial charge in [-0.05, 0) is 26.8 Å². The van der Waals surface area contributed by atoms with Crippen molar-refractivity contribution in [2.45, 2.75) is 40.0 Å². The molecule has 0 radical (unpaired) electrons. The summed E-state index contributed by atoms with van der Waals surface area (Å²) in [5, 5.41) is 13.8. The van der Waals surface area contributed by atoms with Crippen LogP contribution in [0.15, 0.2) is 18.5 Å². The Bertz CT molecular complexity index is 953. The number of thiophene rings is 1. The normalized spacial score (nSPS) is 13.2.